The summed E-state index contributed by atoms with van der Waals surface area (Å²) < 4.78 is 0. The maximum Gasteiger partial charge on any atom is 0.365 e. The van der Waals surface area contributed by atoms with Crippen LogP contribution in [0.3, 0.4) is 0 Å². The smallest absolute Gasteiger partial charge is 0.313 e. The van der Waals surface area contributed by atoms with Crippen LogP contribution in [0, 0.1) is 6.92 Å². The van der Waals surface area contributed by atoms with Crippen LogP contribution in [0.15, 0.2) is 29.4 Å². The zero-order valence-electron chi connectivity index (χ0n) is 6.78. The Kier molecular flexibility index (Phi) is 2.58. The molecule has 62 valence electrons. The average molecular weight is 163 g/mol. The molecule has 0 aliphatic rings. The van der Waals surface area contributed by atoms with Crippen molar-refractivity contribution in [3.63, 3.8) is 0 Å². The van der Waals surface area contributed by atoms with Crippen molar-refractivity contribution in [1.29, 1.82) is 0 Å². The number of hydrogen-bond acceptors (Lipinski definition) is 3. The monoisotopic (exact) mass is 163 g/mol. The van der Waals surface area contributed by atoms with Gasteiger partial charge in [0.15, 0.2) is 0 Å². The minimum atomic E-state index is -0.469. The molecule has 1 aromatic rings. The molecule has 0 bridgehead atoms. The van der Waals surface area contributed by atoms with Gasteiger partial charge in [-0.1, -0.05) is 23.4 Å². The van der Waals surface area contributed by atoms with E-state index in [1.807, 2.05) is 19.1 Å². The third-order valence-electron chi connectivity index (χ3n) is 1.51. The molecule has 0 unspecified atom stereocenters. The van der Waals surface area contributed by atoms with Crippen molar-refractivity contribution in [3.8, 4) is 0 Å². The summed E-state index contributed by atoms with van der Waals surface area (Å²) >= 11 is 0. The Morgan fingerprint density at radius 3 is 2.75 bits per heavy atom. The number of carbonyl (C=O) groups excluding carboxylic acids is 1. The van der Waals surface area contributed by atoms with E-state index in [4.69, 9.17) is 0 Å². The molecule has 0 fully saturated rings. The van der Waals surface area contributed by atoms with E-state index in [0.717, 1.165) is 5.56 Å². The van der Waals surface area contributed by atoms with Crippen LogP contribution >= 0.6 is 0 Å². The molecule has 0 saturated heterocycles. The fourth-order valence-corrected chi connectivity index (χ4v) is 0.910. The summed E-state index contributed by atoms with van der Waals surface area (Å²) in [5, 5.41) is 3.05. The normalized spacial score (nSPS) is 9.08. The van der Waals surface area contributed by atoms with Gasteiger partial charge in [-0.15, -0.1) is 0 Å². The molecule has 0 aliphatic heterocycles. The van der Waals surface area contributed by atoms with Crippen LogP contribution in [-0.4, -0.2) is 12.7 Å². The van der Waals surface area contributed by atoms with E-state index < -0.39 is 5.97 Å². The van der Waals surface area contributed by atoms with Crippen molar-refractivity contribution < 1.29 is 9.63 Å². The topological polar surface area (TPSA) is 38.7 Å². The van der Waals surface area contributed by atoms with Crippen molar-refractivity contribution in [2.24, 2.45) is 5.16 Å². The molecule has 3 heteroatoms. The highest BCUT2D eigenvalue weighted by atomic mass is 16.7. The quantitative estimate of drug-likeness (QED) is 0.378. The molecule has 0 radical (unpaired) electrons. The van der Waals surface area contributed by atoms with Gasteiger partial charge < -0.3 is 4.84 Å². The molecule has 0 saturated carbocycles. The largest absolute Gasteiger partial charge is 0.365 e. The van der Waals surface area contributed by atoms with Crippen LogP contribution in [0.4, 0.5) is 0 Å². The minimum absolute atomic E-state index is 0.469. The van der Waals surface area contributed by atoms with Crippen molar-refractivity contribution in [1.82, 2.24) is 0 Å². The van der Waals surface area contributed by atoms with Gasteiger partial charge >= 0.3 is 5.97 Å². The van der Waals surface area contributed by atoms with Gasteiger partial charge in [0.2, 0.25) is 0 Å². The van der Waals surface area contributed by atoms with E-state index in [-0.39, 0.29) is 0 Å². The minimum Gasteiger partial charge on any atom is -0.313 e. The predicted molar refractivity (Wildman–Crippen MR) is 46.1 cm³/mol. The first-order valence-corrected chi connectivity index (χ1v) is 3.48. The Bertz CT molecular complexity index is 307. The molecule has 3 nitrogen and oxygen atoms in total. The number of benzene rings is 1. The van der Waals surface area contributed by atoms with Crippen molar-refractivity contribution in [3.05, 3.63) is 35.4 Å². The molecule has 1 aromatic carbocycles. The molecule has 1 rings (SSSR count). The Morgan fingerprint density at radius 1 is 1.50 bits per heavy atom. The standard InChI is InChI=1S/C9H9NO2/c1-7-5-3-4-6-8(7)9(11)12-10-2/h3-6H,2H2,1H3. The van der Waals surface area contributed by atoms with Gasteiger partial charge in [-0.3, -0.25) is 0 Å². The average Bonchev–Trinajstić information content (AvgIpc) is 2.05. The molecule has 0 aliphatic carbocycles. The van der Waals surface area contributed by atoms with Gasteiger partial charge in [0, 0.05) is 6.72 Å². The lowest BCUT2D eigenvalue weighted by atomic mass is 10.1. The number of nitrogens with zero attached hydrogens (tertiary/aromatic N) is 1. The maximum atomic E-state index is 11.1. The fraction of sp³-hybridized carbons (Fsp3) is 0.111. The van der Waals surface area contributed by atoms with Gasteiger partial charge in [0.25, 0.3) is 0 Å². The molecule has 0 N–H and O–H groups in total. The highest BCUT2D eigenvalue weighted by Crippen LogP contribution is 2.08. The summed E-state index contributed by atoms with van der Waals surface area (Å²) in [5.74, 6) is -0.469. The van der Waals surface area contributed by atoms with E-state index in [1.165, 1.54) is 0 Å². The molecular weight excluding hydrogens is 154 g/mol. The molecular formula is C9H9NO2. The zero-order valence-corrected chi connectivity index (χ0v) is 6.78. The fourth-order valence-electron chi connectivity index (χ4n) is 0.910. The summed E-state index contributed by atoms with van der Waals surface area (Å²) in [7, 11) is 0. The summed E-state index contributed by atoms with van der Waals surface area (Å²) in [6.45, 7) is 4.90. The van der Waals surface area contributed by atoms with E-state index in [2.05, 4.69) is 16.7 Å². The van der Waals surface area contributed by atoms with Gasteiger partial charge in [0.1, 0.15) is 0 Å². The lowest BCUT2D eigenvalue weighted by Gasteiger charge is -2.00. The SMILES string of the molecule is C=NOC(=O)c1ccccc1C. The predicted octanol–water partition coefficient (Wildman–Crippen LogP) is 1.77. The van der Waals surface area contributed by atoms with Crippen LogP contribution < -0.4 is 0 Å². The Morgan fingerprint density at radius 2 is 2.17 bits per heavy atom. The second-order valence-electron chi connectivity index (χ2n) is 2.32. The van der Waals surface area contributed by atoms with Crippen molar-refractivity contribution in [2.45, 2.75) is 6.92 Å². The summed E-state index contributed by atoms with van der Waals surface area (Å²) in [6, 6.07) is 7.14. The molecule has 12 heavy (non-hydrogen) atoms. The highest BCUT2D eigenvalue weighted by Gasteiger charge is 2.08. The molecule has 0 spiro atoms. The lowest BCUT2D eigenvalue weighted by Crippen LogP contribution is -2.02. The first-order valence-electron chi connectivity index (χ1n) is 3.48. The highest BCUT2D eigenvalue weighted by molar-refractivity contribution is 5.90. The van der Waals surface area contributed by atoms with Crippen LogP contribution in [0.25, 0.3) is 0 Å². The first kappa shape index (κ1) is 8.46. The molecule has 0 heterocycles. The Hall–Kier alpha value is -1.64. The second-order valence-corrected chi connectivity index (χ2v) is 2.32. The number of oxime groups is 1. The number of rotatable bonds is 2. The van der Waals surface area contributed by atoms with Gasteiger partial charge in [-0.05, 0) is 18.6 Å². The van der Waals surface area contributed by atoms with Gasteiger partial charge in [-0.25, -0.2) is 4.79 Å². The molecule has 0 aromatic heterocycles. The Balaban J connectivity index is 2.94. The summed E-state index contributed by atoms with van der Waals surface area (Å²) in [6.07, 6.45) is 0. The van der Waals surface area contributed by atoms with Gasteiger partial charge in [0.05, 0.1) is 5.56 Å². The summed E-state index contributed by atoms with van der Waals surface area (Å²) in [4.78, 5) is 15.5. The van der Waals surface area contributed by atoms with Crippen LogP contribution in [0.5, 0.6) is 0 Å². The van der Waals surface area contributed by atoms with E-state index in [0.29, 0.717) is 5.56 Å². The third kappa shape index (κ3) is 1.69. The molecule has 0 amide bonds. The molecule has 0 atom stereocenters. The van der Waals surface area contributed by atoms with E-state index in [9.17, 15) is 4.79 Å². The number of hydrogen-bond donors (Lipinski definition) is 0. The van der Waals surface area contributed by atoms with E-state index in [1.54, 1.807) is 12.1 Å². The third-order valence-corrected chi connectivity index (χ3v) is 1.51. The van der Waals surface area contributed by atoms with Crippen LogP contribution in [0.2, 0.25) is 0 Å². The van der Waals surface area contributed by atoms with Crippen molar-refractivity contribution in [2.75, 3.05) is 0 Å². The first-order chi connectivity index (χ1) is 5.75. The second kappa shape index (κ2) is 3.67. The van der Waals surface area contributed by atoms with Crippen LogP contribution in [-0.2, 0) is 4.84 Å². The van der Waals surface area contributed by atoms with Gasteiger partial charge in [-0.2, -0.15) is 0 Å². The van der Waals surface area contributed by atoms with E-state index >= 15 is 0 Å². The summed E-state index contributed by atoms with van der Waals surface area (Å²) in [5.41, 5.74) is 1.39. The zero-order chi connectivity index (χ0) is 8.97. The van der Waals surface area contributed by atoms with Crippen molar-refractivity contribution >= 4 is 12.7 Å². The number of carbonyl (C=O) groups is 1. The number of aryl methyl sites for hydroxylation is 1. The Labute approximate surface area is 70.7 Å². The lowest BCUT2D eigenvalue weighted by molar-refractivity contribution is 0.0520. The van der Waals surface area contributed by atoms with Crippen LogP contribution in [0.1, 0.15) is 15.9 Å². The maximum absolute atomic E-state index is 11.1.